The fourth-order valence-corrected chi connectivity index (χ4v) is 1.80. The Balaban J connectivity index is 2.28. The summed E-state index contributed by atoms with van der Waals surface area (Å²) in [5, 5.41) is 0.912. The van der Waals surface area contributed by atoms with Gasteiger partial charge < -0.3 is 4.74 Å². The maximum Gasteiger partial charge on any atom is 0.219 e. The summed E-state index contributed by atoms with van der Waals surface area (Å²) in [6.07, 6.45) is 1.51. The van der Waals surface area contributed by atoms with Gasteiger partial charge >= 0.3 is 0 Å². The number of pyridine rings is 1. The lowest BCUT2D eigenvalue weighted by atomic mass is 10.2. The lowest BCUT2D eigenvalue weighted by Crippen LogP contribution is -1.95. The zero-order chi connectivity index (χ0) is 13.1. The van der Waals surface area contributed by atoms with Gasteiger partial charge in [-0.2, -0.15) is 0 Å². The molecular weight excluding hydrogens is 273 g/mol. The predicted octanol–water partition coefficient (Wildman–Crippen LogP) is 4.38. The van der Waals surface area contributed by atoms with Gasteiger partial charge in [0.2, 0.25) is 5.88 Å². The van der Waals surface area contributed by atoms with Gasteiger partial charge in [-0.25, -0.2) is 4.98 Å². The topological polar surface area (TPSA) is 39.2 Å². The third kappa shape index (κ3) is 3.00. The highest BCUT2D eigenvalue weighted by molar-refractivity contribution is 6.35. The molecule has 0 saturated heterocycles. The first kappa shape index (κ1) is 12.9. The molecular formula is C13H9Cl2NO2. The summed E-state index contributed by atoms with van der Waals surface area (Å²) in [7, 11) is 0. The van der Waals surface area contributed by atoms with Crippen LogP contribution in [0.3, 0.4) is 0 Å². The number of ether oxygens (including phenoxy) is 1. The summed E-state index contributed by atoms with van der Waals surface area (Å²) in [6.45, 7) is 1.48. The molecule has 5 heteroatoms. The highest BCUT2D eigenvalue weighted by Crippen LogP contribution is 2.30. The van der Waals surface area contributed by atoms with Gasteiger partial charge in [0, 0.05) is 22.8 Å². The highest BCUT2D eigenvalue weighted by atomic mass is 35.5. The Labute approximate surface area is 114 Å². The number of halogens is 2. The minimum absolute atomic E-state index is 0.0514. The van der Waals surface area contributed by atoms with Crippen LogP contribution in [0.25, 0.3) is 0 Å². The van der Waals surface area contributed by atoms with E-state index >= 15 is 0 Å². The second-order valence-electron chi connectivity index (χ2n) is 3.62. The fraction of sp³-hybridized carbons (Fsp3) is 0.0769. The normalized spacial score (nSPS) is 10.2. The average molecular weight is 282 g/mol. The molecule has 18 heavy (non-hydrogen) atoms. The van der Waals surface area contributed by atoms with Crippen molar-refractivity contribution < 1.29 is 9.53 Å². The Bertz CT molecular complexity index is 599. The fourth-order valence-electron chi connectivity index (χ4n) is 1.35. The van der Waals surface area contributed by atoms with Crippen LogP contribution in [-0.2, 0) is 0 Å². The third-order valence-electron chi connectivity index (χ3n) is 2.25. The summed E-state index contributed by atoms with van der Waals surface area (Å²) >= 11 is 11.8. The van der Waals surface area contributed by atoms with Gasteiger partial charge in [0.25, 0.3) is 0 Å². The van der Waals surface area contributed by atoms with Gasteiger partial charge in [-0.3, -0.25) is 4.79 Å². The molecule has 2 aromatic rings. The zero-order valence-corrected chi connectivity index (χ0v) is 11.0. The first-order chi connectivity index (χ1) is 8.56. The van der Waals surface area contributed by atoms with Crippen LogP contribution in [0.2, 0.25) is 10.0 Å². The predicted molar refractivity (Wildman–Crippen MR) is 70.8 cm³/mol. The van der Waals surface area contributed by atoms with E-state index in [9.17, 15) is 4.79 Å². The molecule has 3 nitrogen and oxygen atoms in total. The molecule has 0 fully saturated rings. The van der Waals surface area contributed by atoms with E-state index in [2.05, 4.69) is 4.98 Å². The van der Waals surface area contributed by atoms with Gasteiger partial charge in [-0.15, -0.1) is 0 Å². The van der Waals surface area contributed by atoms with Crippen LogP contribution in [0, 0.1) is 0 Å². The molecule has 0 spiro atoms. The average Bonchev–Trinajstić information content (AvgIpc) is 2.33. The molecule has 1 heterocycles. The minimum atomic E-state index is -0.0514. The molecule has 92 valence electrons. The molecule has 0 atom stereocenters. The third-order valence-corrected chi connectivity index (χ3v) is 2.78. The molecule has 0 aliphatic rings. The number of rotatable bonds is 3. The van der Waals surface area contributed by atoms with Crippen LogP contribution in [-0.4, -0.2) is 10.8 Å². The van der Waals surface area contributed by atoms with Gasteiger partial charge in [0.05, 0.1) is 5.02 Å². The maximum atomic E-state index is 11.2. The Morgan fingerprint density at radius 1 is 1.22 bits per heavy atom. The van der Waals surface area contributed by atoms with Gasteiger partial charge in [0.1, 0.15) is 5.75 Å². The molecule has 0 aliphatic carbocycles. The molecule has 0 saturated carbocycles. The Kier molecular flexibility index (Phi) is 3.84. The second kappa shape index (κ2) is 5.38. The number of benzene rings is 1. The molecule has 1 aromatic heterocycles. The van der Waals surface area contributed by atoms with Crippen molar-refractivity contribution >= 4 is 29.0 Å². The van der Waals surface area contributed by atoms with Crippen LogP contribution in [0.15, 0.2) is 36.5 Å². The molecule has 0 aliphatic heterocycles. The van der Waals surface area contributed by atoms with E-state index in [1.807, 2.05) is 0 Å². The highest BCUT2D eigenvalue weighted by Gasteiger charge is 2.07. The van der Waals surface area contributed by atoms with Crippen molar-refractivity contribution in [2.75, 3.05) is 0 Å². The largest absolute Gasteiger partial charge is 0.437 e. The summed E-state index contributed by atoms with van der Waals surface area (Å²) in [4.78, 5) is 15.2. The molecule has 0 amide bonds. The molecule has 0 N–H and O–H groups in total. The lowest BCUT2D eigenvalue weighted by molar-refractivity contribution is 0.101. The van der Waals surface area contributed by atoms with Crippen molar-refractivity contribution in [3.05, 3.63) is 52.1 Å². The number of hydrogen-bond acceptors (Lipinski definition) is 3. The van der Waals surface area contributed by atoms with Crippen LogP contribution in [0.5, 0.6) is 11.6 Å². The number of hydrogen-bond donors (Lipinski definition) is 0. The van der Waals surface area contributed by atoms with E-state index in [1.54, 1.807) is 30.3 Å². The monoisotopic (exact) mass is 281 g/mol. The molecule has 0 unspecified atom stereocenters. The molecule has 1 aromatic carbocycles. The second-order valence-corrected chi connectivity index (χ2v) is 4.46. The van der Waals surface area contributed by atoms with Crippen molar-refractivity contribution in [3.63, 3.8) is 0 Å². The molecule has 0 radical (unpaired) electrons. The number of nitrogens with zero attached hydrogens (tertiary/aromatic N) is 1. The number of ketones is 1. The van der Waals surface area contributed by atoms with Gasteiger partial charge in [-0.05, 0) is 31.2 Å². The van der Waals surface area contributed by atoms with Crippen LogP contribution >= 0.6 is 23.2 Å². The standard InChI is InChI=1S/C13H9Cl2NO2/c1-8(17)9-4-5-16-13(6-9)18-12-3-2-10(14)7-11(12)15/h2-7H,1H3. The number of aromatic nitrogens is 1. The van der Waals surface area contributed by atoms with Crippen molar-refractivity contribution in [1.29, 1.82) is 0 Å². The summed E-state index contributed by atoms with van der Waals surface area (Å²) < 4.78 is 5.50. The molecule has 0 bridgehead atoms. The quantitative estimate of drug-likeness (QED) is 0.784. The Hall–Kier alpha value is -1.58. The number of carbonyl (C=O) groups excluding carboxylic acids is 1. The minimum Gasteiger partial charge on any atom is -0.437 e. The van der Waals surface area contributed by atoms with Crippen LogP contribution in [0.4, 0.5) is 0 Å². The van der Waals surface area contributed by atoms with Crippen molar-refractivity contribution in [1.82, 2.24) is 4.98 Å². The first-order valence-corrected chi connectivity index (χ1v) is 5.92. The van der Waals surface area contributed by atoms with E-state index in [4.69, 9.17) is 27.9 Å². The van der Waals surface area contributed by atoms with E-state index in [0.29, 0.717) is 27.2 Å². The van der Waals surface area contributed by atoms with E-state index < -0.39 is 0 Å². The molecule has 2 rings (SSSR count). The SMILES string of the molecule is CC(=O)c1ccnc(Oc2ccc(Cl)cc2Cl)c1. The maximum absolute atomic E-state index is 11.2. The summed E-state index contributed by atoms with van der Waals surface area (Å²) in [5.41, 5.74) is 0.532. The summed E-state index contributed by atoms with van der Waals surface area (Å²) in [6, 6.07) is 8.07. The van der Waals surface area contributed by atoms with E-state index in [1.165, 1.54) is 13.1 Å². The zero-order valence-electron chi connectivity index (χ0n) is 9.48. The lowest BCUT2D eigenvalue weighted by Gasteiger charge is -2.07. The first-order valence-electron chi connectivity index (χ1n) is 5.16. The van der Waals surface area contributed by atoms with Gasteiger partial charge in [0.15, 0.2) is 5.78 Å². The summed E-state index contributed by atoms with van der Waals surface area (Å²) in [5.74, 6) is 0.700. The number of Topliss-reactive ketones (excluding diaryl/α,β-unsaturated/α-hetero) is 1. The Morgan fingerprint density at radius 2 is 2.00 bits per heavy atom. The van der Waals surface area contributed by atoms with Crippen molar-refractivity contribution in [2.45, 2.75) is 6.92 Å². The van der Waals surface area contributed by atoms with E-state index in [0.717, 1.165) is 0 Å². The van der Waals surface area contributed by atoms with Gasteiger partial charge in [-0.1, -0.05) is 23.2 Å². The smallest absolute Gasteiger partial charge is 0.219 e. The van der Waals surface area contributed by atoms with Crippen LogP contribution in [0.1, 0.15) is 17.3 Å². The van der Waals surface area contributed by atoms with E-state index in [-0.39, 0.29) is 5.78 Å². The van der Waals surface area contributed by atoms with Crippen molar-refractivity contribution in [2.24, 2.45) is 0 Å². The van der Waals surface area contributed by atoms with Crippen molar-refractivity contribution in [3.8, 4) is 11.6 Å². The van der Waals surface area contributed by atoms with Crippen LogP contribution < -0.4 is 4.74 Å². The Morgan fingerprint density at radius 3 is 2.67 bits per heavy atom. The number of carbonyl (C=O) groups is 1.